The van der Waals surface area contributed by atoms with Crippen LogP contribution in [0, 0.1) is 12.8 Å². The van der Waals surface area contributed by atoms with Crippen molar-refractivity contribution in [1.29, 1.82) is 0 Å². The number of aryl methyl sites for hydroxylation is 1. The van der Waals surface area contributed by atoms with Crippen LogP contribution in [0.1, 0.15) is 29.8 Å². The average Bonchev–Trinajstić information content (AvgIpc) is 2.60. The van der Waals surface area contributed by atoms with Gasteiger partial charge in [-0.15, -0.1) is 0 Å². The molecule has 1 fully saturated rings. The van der Waals surface area contributed by atoms with E-state index < -0.39 is 0 Å². The molecule has 0 aromatic heterocycles. The molecule has 6 nitrogen and oxygen atoms in total. The van der Waals surface area contributed by atoms with Gasteiger partial charge in [0.2, 0.25) is 0 Å². The smallest absolute Gasteiger partial charge is 0.291 e. The maximum atomic E-state index is 12.4. The summed E-state index contributed by atoms with van der Waals surface area (Å²) in [6.45, 7) is 11.4. The molecular weight excluding hydrogens is 318 g/mol. The van der Waals surface area contributed by atoms with E-state index in [0.29, 0.717) is 30.7 Å². The fraction of sp³-hybridized carbons (Fsp3) is 0.579. The molecule has 25 heavy (non-hydrogen) atoms. The summed E-state index contributed by atoms with van der Waals surface area (Å²) in [6.07, 6.45) is 0. The molecule has 0 spiro atoms. The van der Waals surface area contributed by atoms with Gasteiger partial charge in [-0.3, -0.25) is 15.0 Å². The maximum Gasteiger partial charge on any atom is 0.291 e. The molecule has 1 aromatic carbocycles. The molecule has 1 saturated heterocycles. The number of rotatable bonds is 6. The third-order valence-electron chi connectivity index (χ3n) is 3.83. The van der Waals surface area contributed by atoms with Crippen LogP contribution in [0.15, 0.2) is 29.3 Å². The molecule has 0 radical (unpaired) electrons. The summed E-state index contributed by atoms with van der Waals surface area (Å²) < 4.78 is 11.0. The van der Waals surface area contributed by atoms with Gasteiger partial charge < -0.3 is 9.47 Å². The van der Waals surface area contributed by atoms with Gasteiger partial charge in [-0.05, 0) is 25.0 Å². The Labute approximate surface area is 150 Å². The number of benzene rings is 1. The molecule has 1 amide bonds. The molecule has 1 aliphatic rings. The molecular formula is C19H29N3O3. The lowest BCUT2D eigenvalue weighted by Crippen LogP contribution is -2.38. The number of aliphatic imine (C=N–C) groups is 1. The van der Waals surface area contributed by atoms with Crippen molar-refractivity contribution in [2.45, 2.75) is 20.8 Å². The molecule has 0 saturated carbocycles. The molecule has 1 N–H and O–H groups in total. The first-order valence-corrected chi connectivity index (χ1v) is 8.90. The lowest BCUT2D eigenvalue weighted by Gasteiger charge is -2.25. The van der Waals surface area contributed by atoms with Gasteiger partial charge in [0.25, 0.3) is 11.9 Å². The molecule has 0 aliphatic carbocycles. The van der Waals surface area contributed by atoms with E-state index in [4.69, 9.17) is 9.47 Å². The van der Waals surface area contributed by atoms with Gasteiger partial charge in [0.15, 0.2) is 0 Å². The van der Waals surface area contributed by atoms with Crippen molar-refractivity contribution in [1.82, 2.24) is 10.2 Å². The zero-order valence-electron chi connectivity index (χ0n) is 15.5. The summed E-state index contributed by atoms with van der Waals surface area (Å²) in [6, 6.07) is 7.77. The van der Waals surface area contributed by atoms with E-state index in [1.165, 1.54) is 0 Å². The Kier molecular flexibility index (Phi) is 7.88. The number of carbonyl (C=O) groups is 1. The largest absolute Gasteiger partial charge is 0.465 e. The number of nitrogens with one attached hydrogen (secondary N) is 1. The predicted molar refractivity (Wildman–Crippen MR) is 99.0 cm³/mol. The number of ether oxygens (including phenoxy) is 2. The minimum Gasteiger partial charge on any atom is -0.465 e. The average molecular weight is 347 g/mol. The van der Waals surface area contributed by atoms with Crippen molar-refractivity contribution >= 4 is 11.9 Å². The highest BCUT2D eigenvalue weighted by Crippen LogP contribution is 2.04. The standard InChI is InChI=1S/C19H29N3O3/c1-15(2)14-25-19(20-7-8-22-9-11-24-12-10-22)21-18(23)17-6-4-5-16(3)13-17/h4-6,13,15H,7-12,14H2,1-3H3,(H,20,21,23). The normalized spacial score (nSPS) is 16.1. The van der Waals surface area contributed by atoms with Gasteiger partial charge in [-0.1, -0.05) is 31.5 Å². The molecule has 0 atom stereocenters. The van der Waals surface area contributed by atoms with E-state index in [9.17, 15) is 4.79 Å². The molecule has 2 rings (SSSR count). The Morgan fingerprint density at radius 2 is 2.12 bits per heavy atom. The third kappa shape index (κ3) is 7.23. The van der Waals surface area contributed by atoms with E-state index in [0.717, 1.165) is 38.4 Å². The summed E-state index contributed by atoms with van der Waals surface area (Å²) in [5.41, 5.74) is 1.65. The van der Waals surface area contributed by atoms with Crippen LogP contribution in [0.25, 0.3) is 0 Å². The second kappa shape index (κ2) is 10.2. The van der Waals surface area contributed by atoms with Crippen molar-refractivity contribution in [2.75, 3.05) is 46.0 Å². The van der Waals surface area contributed by atoms with Crippen molar-refractivity contribution in [3.05, 3.63) is 35.4 Å². The predicted octanol–water partition coefficient (Wildman–Crippen LogP) is 2.09. The molecule has 138 valence electrons. The molecule has 1 aromatic rings. The topological polar surface area (TPSA) is 63.2 Å². The van der Waals surface area contributed by atoms with Crippen LogP contribution in [0.4, 0.5) is 0 Å². The van der Waals surface area contributed by atoms with Crippen molar-refractivity contribution < 1.29 is 14.3 Å². The van der Waals surface area contributed by atoms with Crippen molar-refractivity contribution in [2.24, 2.45) is 10.9 Å². The Morgan fingerprint density at radius 1 is 1.36 bits per heavy atom. The van der Waals surface area contributed by atoms with E-state index >= 15 is 0 Å². The van der Waals surface area contributed by atoms with Crippen LogP contribution in [0.3, 0.4) is 0 Å². The van der Waals surface area contributed by atoms with Gasteiger partial charge in [0.05, 0.1) is 26.4 Å². The molecule has 0 bridgehead atoms. The number of nitrogens with zero attached hydrogens (tertiary/aromatic N) is 2. The number of amidine groups is 1. The Hall–Kier alpha value is -1.92. The Bertz CT molecular complexity index is 581. The highest BCUT2D eigenvalue weighted by molar-refractivity contribution is 6.04. The first-order valence-electron chi connectivity index (χ1n) is 8.90. The first kappa shape index (κ1) is 19.4. The van der Waals surface area contributed by atoms with E-state index in [1.54, 1.807) is 6.07 Å². The molecule has 0 unspecified atom stereocenters. The highest BCUT2D eigenvalue weighted by atomic mass is 16.5. The monoisotopic (exact) mass is 347 g/mol. The zero-order chi connectivity index (χ0) is 18.1. The minimum absolute atomic E-state index is 0.197. The van der Waals surface area contributed by atoms with Gasteiger partial charge in [-0.25, -0.2) is 4.99 Å². The van der Waals surface area contributed by atoms with Crippen LogP contribution < -0.4 is 5.32 Å². The number of hydrogen-bond donors (Lipinski definition) is 1. The van der Waals surface area contributed by atoms with E-state index in [1.807, 2.05) is 25.1 Å². The van der Waals surface area contributed by atoms with E-state index in [-0.39, 0.29) is 5.91 Å². The fourth-order valence-electron chi connectivity index (χ4n) is 2.44. The van der Waals surface area contributed by atoms with Gasteiger partial charge in [-0.2, -0.15) is 0 Å². The molecule has 1 heterocycles. The molecule has 6 heteroatoms. The maximum absolute atomic E-state index is 12.4. The molecule has 1 aliphatic heterocycles. The minimum atomic E-state index is -0.197. The number of morpholine rings is 1. The Balaban J connectivity index is 1.93. The summed E-state index contributed by atoms with van der Waals surface area (Å²) in [4.78, 5) is 19.2. The lowest BCUT2D eigenvalue weighted by atomic mass is 10.1. The summed E-state index contributed by atoms with van der Waals surface area (Å²) in [5, 5.41) is 2.80. The zero-order valence-corrected chi connectivity index (χ0v) is 15.5. The van der Waals surface area contributed by atoms with Gasteiger partial charge in [0.1, 0.15) is 0 Å². The van der Waals surface area contributed by atoms with Crippen LogP contribution in [0.2, 0.25) is 0 Å². The fourth-order valence-corrected chi connectivity index (χ4v) is 2.44. The van der Waals surface area contributed by atoms with Crippen molar-refractivity contribution in [3.8, 4) is 0 Å². The number of hydrogen-bond acceptors (Lipinski definition) is 5. The number of carbonyl (C=O) groups excluding carboxylic acids is 1. The summed E-state index contributed by atoms with van der Waals surface area (Å²) in [5.74, 6) is 0.165. The van der Waals surface area contributed by atoms with Crippen LogP contribution >= 0.6 is 0 Å². The second-order valence-corrected chi connectivity index (χ2v) is 6.67. The second-order valence-electron chi connectivity index (χ2n) is 6.67. The van der Waals surface area contributed by atoms with Crippen molar-refractivity contribution in [3.63, 3.8) is 0 Å². The van der Waals surface area contributed by atoms with Crippen LogP contribution in [-0.2, 0) is 9.47 Å². The first-order chi connectivity index (χ1) is 12.0. The SMILES string of the molecule is Cc1cccc(C(=O)NC(=NCCN2CCOCC2)OCC(C)C)c1. The Morgan fingerprint density at radius 3 is 2.80 bits per heavy atom. The summed E-state index contributed by atoms with van der Waals surface area (Å²) >= 11 is 0. The number of amides is 1. The lowest BCUT2D eigenvalue weighted by molar-refractivity contribution is 0.0394. The third-order valence-corrected chi connectivity index (χ3v) is 3.83. The van der Waals surface area contributed by atoms with Gasteiger partial charge in [0, 0.05) is 25.2 Å². The summed E-state index contributed by atoms with van der Waals surface area (Å²) in [7, 11) is 0. The van der Waals surface area contributed by atoms with Crippen LogP contribution in [0.5, 0.6) is 0 Å². The highest BCUT2D eigenvalue weighted by Gasteiger charge is 2.12. The van der Waals surface area contributed by atoms with Gasteiger partial charge >= 0.3 is 0 Å². The van der Waals surface area contributed by atoms with Crippen LogP contribution in [-0.4, -0.2) is 62.8 Å². The quantitative estimate of drug-likeness (QED) is 0.632. The van der Waals surface area contributed by atoms with E-state index in [2.05, 4.69) is 29.1 Å².